The first-order valence-corrected chi connectivity index (χ1v) is 5.47. The second-order valence-electron chi connectivity index (χ2n) is 0.513. The van der Waals surface area contributed by atoms with Crippen LogP contribution in [0.2, 0.25) is 0 Å². The number of hydrogen-bond acceptors (Lipinski definition) is 3. The van der Waals surface area contributed by atoms with Gasteiger partial charge in [0.05, 0.1) is 0 Å². The summed E-state index contributed by atoms with van der Waals surface area (Å²) in [6.45, 7) is 0. The van der Waals surface area contributed by atoms with E-state index in [2.05, 4.69) is 0 Å². The van der Waals surface area contributed by atoms with Crippen molar-refractivity contribution < 1.29 is 14.7 Å². The van der Waals surface area contributed by atoms with Crippen molar-refractivity contribution in [1.29, 1.82) is 0 Å². The monoisotopic (exact) mass is 212 g/mol. The van der Waals surface area contributed by atoms with E-state index in [1.807, 2.05) is 0 Å². The van der Waals surface area contributed by atoms with Crippen molar-refractivity contribution in [2.24, 2.45) is 0 Å². The van der Waals surface area contributed by atoms with Crippen molar-refractivity contribution in [3.05, 3.63) is 0 Å². The Morgan fingerprint density at radius 2 is 1.20 bits per heavy atom. The van der Waals surface area contributed by atoms with Crippen LogP contribution in [0.3, 0.4) is 0 Å². The fourth-order valence-corrected chi connectivity index (χ4v) is 0. The average Bonchev–Trinajstić information content (AvgIpc) is 0.722. The van der Waals surface area contributed by atoms with E-state index in [-0.39, 0.29) is 0 Å². The molecule has 0 saturated heterocycles. The Labute approximate surface area is 41.5 Å². The van der Waals surface area contributed by atoms with Gasteiger partial charge in [0.2, 0.25) is 0 Å². The molecule has 0 unspecified atom stereocenters. The quantitative estimate of drug-likeness (QED) is 0.347. The molecule has 0 radical (unpaired) electrons. The van der Waals surface area contributed by atoms with Gasteiger partial charge in [0.15, 0.2) is 0 Å². The molecule has 3 N–H and O–H groups in total. The van der Waals surface area contributed by atoms with Crippen LogP contribution in [0.25, 0.3) is 0 Å². The molecule has 0 fully saturated rings. The molecule has 5 heteroatoms. The zero-order valence-electron chi connectivity index (χ0n) is 2.20. The second kappa shape index (κ2) is 1.70. The molecule has 0 aliphatic heterocycles. The minimum atomic E-state index is -3.38. The summed E-state index contributed by atoms with van der Waals surface area (Å²) in [6.07, 6.45) is 0. The second-order valence-corrected chi connectivity index (χ2v) is 5.73. The van der Waals surface area contributed by atoms with Crippen LogP contribution in [0.4, 0.5) is 0 Å². The fourth-order valence-electron chi connectivity index (χ4n) is 0. The van der Waals surface area contributed by atoms with Crippen molar-refractivity contribution in [1.82, 2.24) is 0 Å². The molecule has 3 nitrogen and oxygen atoms in total. The first kappa shape index (κ1) is 6.10. The van der Waals surface area contributed by atoms with Gasteiger partial charge in [-0.15, -0.1) is 0 Å². The molecular formula is H3O3PTe. The normalized spacial score (nSPS) is 11.8. The Balaban J connectivity index is 3.47. The van der Waals surface area contributed by atoms with E-state index < -0.39 is 5.17 Å². The summed E-state index contributed by atoms with van der Waals surface area (Å²) < 4.78 is 0. The summed E-state index contributed by atoms with van der Waals surface area (Å²) in [5.41, 5.74) is 0. The van der Waals surface area contributed by atoms with Crippen LogP contribution in [-0.2, 0) is 0 Å². The SMILES string of the molecule is OP(O)(O)=[Te]. The topological polar surface area (TPSA) is 60.7 Å². The van der Waals surface area contributed by atoms with Crippen molar-refractivity contribution in [3.63, 3.8) is 0 Å². The molecule has 32 valence electrons. The summed E-state index contributed by atoms with van der Waals surface area (Å²) in [5, 5.41) is -3.38. The van der Waals surface area contributed by atoms with Gasteiger partial charge in [0, 0.05) is 0 Å². The Hall–Kier alpha value is 1.10. The zero-order valence-corrected chi connectivity index (χ0v) is 5.42. The molecule has 0 bridgehead atoms. The summed E-state index contributed by atoms with van der Waals surface area (Å²) in [5.74, 6) is 0. The molecule has 0 aliphatic rings. The molecule has 0 saturated carbocycles. The van der Waals surface area contributed by atoms with Gasteiger partial charge in [-0.1, -0.05) is 0 Å². The Bertz CT molecular complexity index is 53.0. The molecule has 0 heterocycles. The van der Waals surface area contributed by atoms with Crippen molar-refractivity contribution in [2.45, 2.75) is 0 Å². The van der Waals surface area contributed by atoms with Gasteiger partial charge in [-0.05, 0) is 0 Å². The average molecular weight is 210 g/mol. The van der Waals surface area contributed by atoms with Gasteiger partial charge < -0.3 is 0 Å². The molecular weight excluding hydrogens is 207 g/mol. The third-order valence-corrected chi connectivity index (χ3v) is 0. The van der Waals surface area contributed by atoms with Crippen molar-refractivity contribution >= 4 is 26.4 Å². The van der Waals surface area contributed by atoms with E-state index in [0.717, 1.165) is 21.2 Å². The Morgan fingerprint density at radius 1 is 1.20 bits per heavy atom. The van der Waals surface area contributed by atoms with Gasteiger partial charge in [-0.2, -0.15) is 0 Å². The molecule has 0 amide bonds. The molecule has 0 aromatic rings. The molecule has 0 aliphatic carbocycles. The van der Waals surface area contributed by atoms with Crippen LogP contribution >= 0.6 is 5.17 Å². The van der Waals surface area contributed by atoms with Gasteiger partial charge in [0.1, 0.15) is 0 Å². The van der Waals surface area contributed by atoms with Crippen LogP contribution in [0, 0.1) is 0 Å². The summed E-state index contributed by atoms with van der Waals surface area (Å²) in [4.78, 5) is 23.2. The number of hydrogen-bond donors (Lipinski definition) is 3. The molecule has 0 atom stereocenters. The summed E-state index contributed by atoms with van der Waals surface area (Å²) >= 11 is 0.902. The van der Waals surface area contributed by atoms with Crippen LogP contribution in [0.15, 0.2) is 0 Å². The third-order valence-electron chi connectivity index (χ3n) is 0. The maximum absolute atomic E-state index is 7.75. The molecule has 0 aromatic heterocycles. The third kappa shape index (κ3) is 40.5. The first-order valence-electron chi connectivity index (χ1n) is 0.783. The first-order chi connectivity index (χ1) is 2.00. The fraction of sp³-hybridized carbons (Fsp3) is 0. The van der Waals surface area contributed by atoms with Crippen LogP contribution in [0.5, 0.6) is 0 Å². The van der Waals surface area contributed by atoms with E-state index in [1.54, 1.807) is 0 Å². The molecule has 0 rings (SSSR count). The van der Waals surface area contributed by atoms with Crippen LogP contribution in [-0.4, -0.2) is 35.9 Å². The van der Waals surface area contributed by atoms with Gasteiger partial charge in [-0.25, -0.2) is 0 Å². The predicted octanol–water partition coefficient (Wildman–Crippen LogP) is -1.19. The van der Waals surface area contributed by atoms with E-state index in [4.69, 9.17) is 14.7 Å². The van der Waals surface area contributed by atoms with Gasteiger partial charge in [0.25, 0.3) is 0 Å². The Kier molecular flexibility index (Phi) is 2.07. The van der Waals surface area contributed by atoms with Gasteiger partial charge >= 0.3 is 41.1 Å². The summed E-state index contributed by atoms with van der Waals surface area (Å²) in [6, 6.07) is 0. The molecule has 0 spiro atoms. The van der Waals surface area contributed by atoms with E-state index >= 15 is 0 Å². The van der Waals surface area contributed by atoms with Crippen molar-refractivity contribution in [2.75, 3.05) is 0 Å². The predicted molar refractivity (Wildman–Crippen MR) is 19.3 cm³/mol. The van der Waals surface area contributed by atoms with Crippen LogP contribution in [0.1, 0.15) is 0 Å². The maximum atomic E-state index is 7.75. The molecule has 5 heavy (non-hydrogen) atoms. The van der Waals surface area contributed by atoms with Crippen LogP contribution < -0.4 is 0 Å². The number of rotatable bonds is 0. The molecule has 0 aromatic carbocycles. The van der Waals surface area contributed by atoms with E-state index in [0.29, 0.717) is 0 Å². The van der Waals surface area contributed by atoms with E-state index in [9.17, 15) is 0 Å². The van der Waals surface area contributed by atoms with E-state index in [1.165, 1.54) is 0 Å². The Morgan fingerprint density at radius 3 is 1.20 bits per heavy atom. The standard InChI is InChI=1S/H3O3PTe/c1-4(2,3)5/h(H3,1,2,3,5). The van der Waals surface area contributed by atoms with Crippen molar-refractivity contribution in [3.8, 4) is 0 Å². The minimum absolute atomic E-state index is 0.902. The zero-order chi connectivity index (χ0) is 4.50. The van der Waals surface area contributed by atoms with Gasteiger partial charge in [-0.3, -0.25) is 0 Å². The summed E-state index contributed by atoms with van der Waals surface area (Å²) in [7, 11) is 0.